The third-order valence-electron chi connectivity index (χ3n) is 5.50. The summed E-state index contributed by atoms with van der Waals surface area (Å²) in [5.41, 5.74) is 2.63. The summed E-state index contributed by atoms with van der Waals surface area (Å²) in [5, 5.41) is 2.91. The minimum absolute atomic E-state index is 0.106. The van der Waals surface area contributed by atoms with Gasteiger partial charge in [0, 0.05) is 45.0 Å². The van der Waals surface area contributed by atoms with E-state index in [1.165, 1.54) is 11.3 Å². The molecule has 0 spiro atoms. The van der Waals surface area contributed by atoms with Gasteiger partial charge >= 0.3 is 6.03 Å². The smallest absolute Gasteiger partial charge is 0.317 e. The maximum absolute atomic E-state index is 12.6. The predicted molar refractivity (Wildman–Crippen MR) is 104 cm³/mol. The van der Waals surface area contributed by atoms with Gasteiger partial charge in [-0.05, 0) is 50.4 Å². The second kappa shape index (κ2) is 9.21. The van der Waals surface area contributed by atoms with E-state index in [0.717, 1.165) is 52.0 Å². The van der Waals surface area contributed by atoms with Crippen molar-refractivity contribution >= 4 is 11.7 Å². The summed E-state index contributed by atoms with van der Waals surface area (Å²) in [5.74, 6) is 0. The van der Waals surface area contributed by atoms with E-state index in [9.17, 15) is 9.18 Å². The molecule has 1 atom stereocenters. The van der Waals surface area contributed by atoms with E-state index < -0.39 is 6.67 Å². The molecule has 0 radical (unpaired) electrons. The van der Waals surface area contributed by atoms with Crippen molar-refractivity contribution in [1.82, 2.24) is 15.1 Å². The van der Waals surface area contributed by atoms with Crippen LogP contribution in [0.5, 0.6) is 0 Å². The highest BCUT2D eigenvalue weighted by Crippen LogP contribution is 2.18. The summed E-state index contributed by atoms with van der Waals surface area (Å²) in [4.78, 5) is 18.4. The summed E-state index contributed by atoms with van der Waals surface area (Å²) in [7, 11) is 0. The largest absolute Gasteiger partial charge is 0.369 e. The Bertz CT molecular complexity index is 587. The van der Waals surface area contributed by atoms with Crippen LogP contribution in [0.25, 0.3) is 0 Å². The molecule has 0 aliphatic carbocycles. The molecule has 1 N–H and O–H groups in total. The van der Waals surface area contributed by atoms with E-state index in [1.807, 2.05) is 0 Å². The van der Waals surface area contributed by atoms with E-state index in [2.05, 4.69) is 46.3 Å². The van der Waals surface area contributed by atoms with Crippen molar-refractivity contribution in [2.75, 3.05) is 57.4 Å². The first-order valence-corrected chi connectivity index (χ1v) is 9.82. The summed E-state index contributed by atoms with van der Waals surface area (Å²) in [6, 6.07) is 8.41. The number of alkyl halides is 1. The molecule has 0 bridgehead atoms. The lowest BCUT2D eigenvalue weighted by molar-refractivity contribution is 0.0968. The molecular weight excluding hydrogens is 331 g/mol. The van der Waals surface area contributed by atoms with Gasteiger partial charge in [0.05, 0.1) is 6.04 Å². The maximum atomic E-state index is 12.6. The van der Waals surface area contributed by atoms with Gasteiger partial charge in [0.1, 0.15) is 6.67 Å². The Hall–Kier alpha value is -1.82. The fourth-order valence-electron chi connectivity index (χ4n) is 3.68. The number of urea groups is 1. The summed E-state index contributed by atoms with van der Waals surface area (Å²) in [6.45, 7) is 8.47. The maximum Gasteiger partial charge on any atom is 0.317 e. The Morgan fingerprint density at radius 2 is 2.00 bits per heavy atom. The molecule has 2 amide bonds. The number of anilines is 1. The number of hydrogen-bond acceptors (Lipinski definition) is 3. The topological polar surface area (TPSA) is 38.8 Å². The number of likely N-dealkylation sites (tertiary alicyclic amines) is 1. The van der Waals surface area contributed by atoms with Crippen LogP contribution < -0.4 is 10.2 Å². The molecule has 1 unspecified atom stereocenters. The van der Waals surface area contributed by atoms with Crippen molar-refractivity contribution in [3.8, 4) is 0 Å². The minimum Gasteiger partial charge on any atom is -0.369 e. The number of nitrogens with zero attached hydrogens (tertiary/aromatic N) is 3. The molecule has 0 aromatic heterocycles. The zero-order valence-corrected chi connectivity index (χ0v) is 15.8. The van der Waals surface area contributed by atoms with Gasteiger partial charge in [-0.1, -0.05) is 12.1 Å². The lowest BCUT2D eigenvalue weighted by Gasteiger charge is -2.39. The normalized spacial score (nSPS) is 20.8. The number of benzene rings is 1. The van der Waals surface area contributed by atoms with Gasteiger partial charge < -0.3 is 15.1 Å². The number of halogens is 1. The van der Waals surface area contributed by atoms with Gasteiger partial charge in [-0.3, -0.25) is 4.90 Å². The van der Waals surface area contributed by atoms with E-state index in [0.29, 0.717) is 13.1 Å². The predicted octanol–water partition coefficient (Wildman–Crippen LogP) is 2.65. The average Bonchev–Trinajstić information content (AvgIpc) is 2.61. The van der Waals surface area contributed by atoms with Crippen LogP contribution in [0.2, 0.25) is 0 Å². The molecule has 1 aromatic carbocycles. The lowest BCUT2D eigenvalue weighted by atomic mass is 10.1. The van der Waals surface area contributed by atoms with Crippen LogP contribution in [-0.2, 0) is 0 Å². The highest BCUT2D eigenvalue weighted by molar-refractivity contribution is 5.75. The molecule has 26 heavy (non-hydrogen) atoms. The quantitative estimate of drug-likeness (QED) is 0.758. The number of piperazine rings is 1. The van der Waals surface area contributed by atoms with Crippen molar-refractivity contribution < 1.29 is 9.18 Å². The molecule has 2 aliphatic rings. The number of amides is 2. The van der Waals surface area contributed by atoms with Gasteiger partial charge in [-0.25, -0.2) is 9.18 Å². The van der Waals surface area contributed by atoms with Gasteiger partial charge in [-0.2, -0.15) is 0 Å². The van der Waals surface area contributed by atoms with Crippen LogP contribution in [-0.4, -0.2) is 74.4 Å². The number of carbonyl (C=O) groups is 1. The van der Waals surface area contributed by atoms with Gasteiger partial charge in [-0.15, -0.1) is 0 Å². The van der Waals surface area contributed by atoms with Gasteiger partial charge in [0.25, 0.3) is 0 Å². The van der Waals surface area contributed by atoms with E-state index in [-0.39, 0.29) is 12.1 Å². The monoisotopic (exact) mass is 362 g/mol. The zero-order chi connectivity index (χ0) is 18.4. The Morgan fingerprint density at radius 3 is 2.65 bits per heavy atom. The van der Waals surface area contributed by atoms with Crippen LogP contribution in [0.1, 0.15) is 24.8 Å². The molecule has 2 heterocycles. The Morgan fingerprint density at radius 1 is 1.19 bits per heavy atom. The standard InChI is InChI=1S/C20H31FN4O/c1-17-5-4-6-18(15-17)24-13-11-23(12-14-24)9-3-2-8-22-20(26)25-10-7-19(25)16-21/h4-6,15,19H,2-3,7-14,16H2,1H3,(H,22,26). The Labute approximate surface area is 156 Å². The SMILES string of the molecule is Cc1cccc(N2CCN(CCCCNC(=O)N3CCC3CF)CC2)c1. The molecule has 2 aliphatic heterocycles. The van der Waals surface area contributed by atoms with Crippen molar-refractivity contribution in [1.29, 1.82) is 0 Å². The average molecular weight is 362 g/mol. The summed E-state index contributed by atoms with van der Waals surface area (Å²) in [6.07, 6.45) is 2.84. The number of aryl methyl sites for hydroxylation is 1. The van der Waals surface area contributed by atoms with Gasteiger partial charge in [0.15, 0.2) is 0 Å². The molecule has 3 rings (SSSR count). The number of unbranched alkanes of at least 4 members (excludes halogenated alkanes) is 1. The van der Waals surface area contributed by atoms with Crippen LogP contribution in [0.15, 0.2) is 24.3 Å². The fraction of sp³-hybridized carbons (Fsp3) is 0.650. The van der Waals surface area contributed by atoms with Crippen molar-refractivity contribution in [3.63, 3.8) is 0 Å². The van der Waals surface area contributed by atoms with Crippen molar-refractivity contribution in [2.24, 2.45) is 0 Å². The third-order valence-corrected chi connectivity index (χ3v) is 5.50. The highest BCUT2D eigenvalue weighted by atomic mass is 19.1. The number of nitrogens with one attached hydrogen (secondary N) is 1. The van der Waals surface area contributed by atoms with E-state index in [1.54, 1.807) is 4.90 Å². The van der Waals surface area contributed by atoms with Crippen LogP contribution in [0, 0.1) is 6.92 Å². The molecule has 1 aromatic rings. The van der Waals surface area contributed by atoms with Crippen LogP contribution in [0.4, 0.5) is 14.9 Å². The molecule has 2 saturated heterocycles. The van der Waals surface area contributed by atoms with E-state index >= 15 is 0 Å². The van der Waals surface area contributed by atoms with Crippen LogP contribution in [0.3, 0.4) is 0 Å². The second-order valence-corrected chi connectivity index (χ2v) is 7.40. The molecule has 2 fully saturated rings. The first-order chi connectivity index (χ1) is 12.7. The molecule has 144 valence electrons. The highest BCUT2D eigenvalue weighted by Gasteiger charge is 2.31. The summed E-state index contributed by atoms with van der Waals surface area (Å²) < 4.78 is 12.6. The second-order valence-electron chi connectivity index (χ2n) is 7.40. The lowest BCUT2D eigenvalue weighted by Crippen LogP contribution is -2.55. The molecule has 0 saturated carbocycles. The fourth-order valence-corrected chi connectivity index (χ4v) is 3.68. The van der Waals surface area contributed by atoms with Gasteiger partial charge in [0.2, 0.25) is 0 Å². The first-order valence-electron chi connectivity index (χ1n) is 9.82. The Kier molecular flexibility index (Phi) is 6.72. The molecule has 5 nitrogen and oxygen atoms in total. The number of carbonyl (C=O) groups excluding carboxylic acids is 1. The number of hydrogen-bond donors (Lipinski definition) is 1. The van der Waals surface area contributed by atoms with Crippen molar-refractivity contribution in [3.05, 3.63) is 29.8 Å². The first kappa shape index (κ1) is 19.0. The third kappa shape index (κ3) is 4.87. The number of rotatable bonds is 7. The minimum atomic E-state index is -0.429. The Balaban J connectivity index is 1.27. The molecular formula is C20H31FN4O. The zero-order valence-electron chi connectivity index (χ0n) is 15.8. The van der Waals surface area contributed by atoms with E-state index in [4.69, 9.17) is 0 Å². The van der Waals surface area contributed by atoms with Crippen molar-refractivity contribution in [2.45, 2.75) is 32.2 Å². The van der Waals surface area contributed by atoms with Crippen LogP contribution >= 0.6 is 0 Å². The molecule has 6 heteroatoms. The summed E-state index contributed by atoms with van der Waals surface area (Å²) >= 11 is 0.